The third-order valence-electron chi connectivity index (χ3n) is 4.26. The van der Waals surface area contributed by atoms with E-state index in [1.807, 2.05) is 0 Å². The van der Waals surface area contributed by atoms with Gasteiger partial charge in [-0.15, -0.1) is 0 Å². The van der Waals surface area contributed by atoms with E-state index in [1.165, 1.54) is 27.4 Å². The van der Waals surface area contributed by atoms with Gasteiger partial charge in [0.1, 0.15) is 5.56 Å². The minimum Gasteiger partial charge on any atom is -0.493 e. The van der Waals surface area contributed by atoms with Gasteiger partial charge in [0.25, 0.3) is 5.91 Å². The number of carbonyl (C=O) groups is 2. The fourth-order valence-electron chi connectivity index (χ4n) is 2.97. The molecule has 0 saturated carbocycles. The van der Waals surface area contributed by atoms with Gasteiger partial charge in [0.05, 0.1) is 21.3 Å². The standard InChI is InChI=1S/C18H25NO6/c1-12-6-5-9-19(10-12)15(20)11-25-18(21)13-7-8-14(22-2)17(24-4)16(13)23-3/h7-8,12H,5-6,9-11H2,1-4H3. The molecule has 1 unspecified atom stereocenters. The van der Waals surface area contributed by atoms with Crippen molar-refractivity contribution in [2.24, 2.45) is 5.92 Å². The predicted molar refractivity (Wildman–Crippen MR) is 91.4 cm³/mol. The number of benzene rings is 1. The van der Waals surface area contributed by atoms with Crippen LogP contribution >= 0.6 is 0 Å². The van der Waals surface area contributed by atoms with Crippen molar-refractivity contribution in [3.63, 3.8) is 0 Å². The summed E-state index contributed by atoms with van der Waals surface area (Å²) < 4.78 is 20.9. The molecule has 1 heterocycles. The SMILES string of the molecule is COc1ccc(C(=O)OCC(=O)N2CCCC(C)C2)c(OC)c1OC. The van der Waals surface area contributed by atoms with E-state index >= 15 is 0 Å². The summed E-state index contributed by atoms with van der Waals surface area (Å²) in [7, 11) is 4.37. The molecule has 1 aromatic carbocycles. The Kier molecular flexibility index (Phi) is 6.50. The van der Waals surface area contributed by atoms with Crippen LogP contribution in [0.4, 0.5) is 0 Å². The molecule has 0 aromatic heterocycles. The molecule has 1 aliphatic rings. The highest BCUT2D eigenvalue weighted by Crippen LogP contribution is 2.39. The number of hydrogen-bond donors (Lipinski definition) is 0. The molecule has 7 heteroatoms. The number of amides is 1. The topological polar surface area (TPSA) is 74.3 Å². The number of hydrogen-bond acceptors (Lipinski definition) is 6. The van der Waals surface area contributed by atoms with Crippen LogP contribution < -0.4 is 14.2 Å². The maximum Gasteiger partial charge on any atom is 0.342 e. The summed E-state index contributed by atoms with van der Waals surface area (Å²) in [6.07, 6.45) is 2.09. The molecule has 1 amide bonds. The smallest absolute Gasteiger partial charge is 0.342 e. The first-order chi connectivity index (χ1) is 12.0. The Bertz CT molecular complexity index is 630. The highest BCUT2D eigenvalue weighted by molar-refractivity contribution is 5.95. The van der Waals surface area contributed by atoms with Gasteiger partial charge in [-0.25, -0.2) is 4.79 Å². The molecule has 0 bridgehead atoms. The molecule has 138 valence electrons. The average molecular weight is 351 g/mol. The molecular weight excluding hydrogens is 326 g/mol. The Morgan fingerprint density at radius 1 is 1.12 bits per heavy atom. The lowest BCUT2D eigenvalue weighted by Crippen LogP contribution is -2.41. The highest BCUT2D eigenvalue weighted by Gasteiger charge is 2.25. The maximum atomic E-state index is 12.4. The van der Waals surface area contributed by atoms with Gasteiger partial charge in [0, 0.05) is 13.1 Å². The van der Waals surface area contributed by atoms with E-state index in [0.29, 0.717) is 30.5 Å². The number of nitrogens with zero attached hydrogens (tertiary/aromatic N) is 1. The van der Waals surface area contributed by atoms with E-state index in [1.54, 1.807) is 11.0 Å². The Labute approximate surface area is 147 Å². The Morgan fingerprint density at radius 3 is 2.44 bits per heavy atom. The van der Waals surface area contributed by atoms with E-state index < -0.39 is 5.97 Å². The molecule has 2 rings (SSSR count). The minimum atomic E-state index is -0.642. The van der Waals surface area contributed by atoms with Crippen molar-refractivity contribution in [1.82, 2.24) is 4.90 Å². The first-order valence-electron chi connectivity index (χ1n) is 8.25. The predicted octanol–water partition coefficient (Wildman–Crippen LogP) is 2.13. The zero-order valence-corrected chi connectivity index (χ0v) is 15.2. The normalized spacial score (nSPS) is 17.0. The number of rotatable bonds is 6. The number of likely N-dealkylation sites (tertiary alicyclic amines) is 1. The van der Waals surface area contributed by atoms with Crippen molar-refractivity contribution in [1.29, 1.82) is 0 Å². The lowest BCUT2D eigenvalue weighted by Gasteiger charge is -2.30. The summed E-state index contributed by atoms with van der Waals surface area (Å²) in [5, 5.41) is 0. The van der Waals surface area contributed by atoms with Crippen molar-refractivity contribution in [3.8, 4) is 17.2 Å². The lowest BCUT2D eigenvalue weighted by atomic mass is 10.0. The quantitative estimate of drug-likeness (QED) is 0.731. The number of piperidine rings is 1. The molecule has 7 nitrogen and oxygen atoms in total. The molecule has 1 aliphatic heterocycles. The van der Waals surface area contributed by atoms with Gasteiger partial charge < -0.3 is 23.8 Å². The third-order valence-corrected chi connectivity index (χ3v) is 4.26. The summed E-state index contributed by atoms with van der Waals surface area (Å²) in [5.41, 5.74) is 0.181. The lowest BCUT2D eigenvalue weighted by molar-refractivity contribution is -0.136. The zero-order valence-electron chi connectivity index (χ0n) is 15.2. The molecule has 0 spiro atoms. The van der Waals surface area contributed by atoms with Crippen molar-refractivity contribution < 1.29 is 28.5 Å². The fraction of sp³-hybridized carbons (Fsp3) is 0.556. The Balaban J connectivity index is 2.06. The van der Waals surface area contributed by atoms with E-state index in [0.717, 1.165) is 12.8 Å². The van der Waals surface area contributed by atoms with Crippen molar-refractivity contribution in [3.05, 3.63) is 17.7 Å². The Morgan fingerprint density at radius 2 is 1.84 bits per heavy atom. The third kappa shape index (κ3) is 4.35. The number of ether oxygens (including phenoxy) is 4. The number of esters is 1. The van der Waals surface area contributed by atoms with Crippen LogP contribution in [0.3, 0.4) is 0 Å². The zero-order chi connectivity index (χ0) is 18.4. The van der Waals surface area contributed by atoms with Gasteiger partial charge in [-0.05, 0) is 30.9 Å². The highest BCUT2D eigenvalue weighted by atomic mass is 16.5. The molecule has 0 aliphatic carbocycles. The van der Waals surface area contributed by atoms with Crippen molar-refractivity contribution in [2.75, 3.05) is 41.0 Å². The molecule has 0 radical (unpaired) electrons. The van der Waals surface area contributed by atoms with Gasteiger partial charge in [0.2, 0.25) is 5.75 Å². The molecule has 0 N–H and O–H groups in total. The van der Waals surface area contributed by atoms with Gasteiger partial charge in [-0.3, -0.25) is 4.79 Å². The Hall–Kier alpha value is -2.44. The van der Waals surface area contributed by atoms with Crippen LogP contribution in [0.1, 0.15) is 30.1 Å². The van der Waals surface area contributed by atoms with Crippen LogP contribution in [0.15, 0.2) is 12.1 Å². The van der Waals surface area contributed by atoms with E-state index in [9.17, 15) is 9.59 Å². The van der Waals surface area contributed by atoms with Crippen molar-refractivity contribution in [2.45, 2.75) is 19.8 Å². The van der Waals surface area contributed by atoms with Crippen LogP contribution in [0.25, 0.3) is 0 Å². The van der Waals surface area contributed by atoms with Gasteiger partial charge in [-0.1, -0.05) is 6.92 Å². The average Bonchev–Trinajstić information content (AvgIpc) is 2.64. The first-order valence-corrected chi connectivity index (χ1v) is 8.25. The van der Waals surface area contributed by atoms with Gasteiger partial charge in [0.15, 0.2) is 18.1 Å². The van der Waals surface area contributed by atoms with Crippen LogP contribution in [0.5, 0.6) is 17.2 Å². The summed E-state index contributed by atoms with van der Waals surface area (Å²) in [4.78, 5) is 26.3. The summed E-state index contributed by atoms with van der Waals surface area (Å²) >= 11 is 0. The second-order valence-corrected chi connectivity index (χ2v) is 6.05. The molecule has 1 aromatic rings. The molecule has 1 saturated heterocycles. The number of methoxy groups -OCH3 is 3. The summed E-state index contributed by atoms with van der Waals surface area (Å²) in [6.45, 7) is 3.24. The largest absolute Gasteiger partial charge is 0.493 e. The monoisotopic (exact) mass is 351 g/mol. The minimum absolute atomic E-state index is 0.181. The van der Waals surface area contributed by atoms with Crippen molar-refractivity contribution >= 4 is 11.9 Å². The van der Waals surface area contributed by atoms with E-state index in [2.05, 4.69) is 6.92 Å². The van der Waals surface area contributed by atoms with E-state index in [-0.39, 0.29) is 23.8 Å². The first kappa shape index (κ1) is 18.9. The van der Waals surface area contributed by atoms with Crippen LogP contribution in [0, 0.1) is 5.92 Å². The second-order valence-electron chi connectivity index (χ2n) is 6.05. The number of carbonyl (C=O) groups excluding carboxylic acids is 2. The maximum absolute atomic E-state index is 12.4. The summed E-state index contributed by atoms with van der Waals surface area (Å²) in [6, 6.07) is 3.11. The summed E-state index contributed by atoms with van der Waals surface area (Å²) in [5.74, 6) is 0.603. The molecular formula is C18H25NO6. The molecule has 1 atom stereocenters. The van der Waals surface area contributed by atoms with Gasteiger partial charge in [-0.2, -0.15) is 0 Å². The molecule has 1 fully saturated rings. The second kappa shape index (κ2) is 8.60. The fourth-order valence-corrected chi connectivity index (χ4v) is 2.97. The van der Waals surface area contributed by atoms with Crippen LogP contribution in [0.2, 0.25) is 0 Å². The van der Waals surface area contributed by atoms with Crippen LogP contribution in [-0.2, 0) is 9.53 Å². The van der Waals surface area contributed by atoms with E-state index in [4.69, 9.17) is 18.9 Å². The van der Waals surface area contributed by atoms with Gasteiger partial charge >= 0.3 is 5.97 Å². The van der Waals surface area contributed by atoms with Crippen LogP contribution in [-0.4, -0.2) is 57.8 Å². The molecule has 25 heavy (non-hydrogen) atoms.